The van der Waals surface area contributed by atoms with Crippen LogP contribution in [0, 0.1) is 10.1 Å². The van der Waals surface area contributed by atoms with Crippen LogP contribution in [0.5, 0.6) is 0 Å². The summed E-state index contributed by atoms with van der Waals surface area (Å²) in [5, 5.41) is 21.6. The molecule has 0 fully saturated rings. The van der Waals surface area contributed by atoms with E-state index in [9.17, 15) is 19.7 Å². The van der Waals surface area contributed by atoms with Crippen LogP contribution in [0.15, 0.2) is 12.3 Å². The average Bonchev–Trinajstić information content (AvgIpc) is 2.62. The smallest absolute Gasteiger partial charge is 0.305 e. The van der Waals surface area contributed by atoms with Gasteiger partial charge in [-0.05, 0) is 13.8 Å². The summed E-state index contributed by atoms with van der Waals surface area (Å²) in [6.07, 6.45) is 0.848. The van der Waals surface area contributed by atoms with Crippen molar-refractivity contribution in [2.75, 3.05) is 0 Å². The van der Waals surface area contributed by atoms with E-state index in [1.807, 2.05) is 0 Å². The van der Waals surface area contributed by atoms with Gasteiger partial charge in [0, 0.05) is 11.6 Å². The number of hydrogen-bond acceptors (Lipinski definition) is 4. The van der Waals surface area contributed by atoms with E-state index in [0.29, 0.717) is 0 Å². The number of rotatable bonds is 5. The molecule has 1 aromatic heterocycles. The van der Waals surface area contributed by atoms with Crippen LogP contribution in [-0.4, -0.2) is 32.4 Å². The Hall–Kier alpha value is -2.38. The zero-order valence-corrected chi connectivity index (χ0v) is 9.89. The number of carboxylic acid groups (broad SMARTS) is 1. The Morgan fingerprint density at radius 2 is 2.17 bits per heavy atom. The third kappa shape index (κ3) is 3.58. The van der Waals surface area contributed by atoms with Gasteiger partial charge >= 0.3 is 5.97 Å². The highest BCUT2D eigenvalue weighted by atomic mass is 16.6. The monoisotopic (exact) mass is 255 g/mol. The summed E-state index contributed by atoms with van der Waals surface area (Å²) in [7, 11) is 0. The van der Waals surface area contributed by atoms with Crippen LogP contribution in [0.2, 0.25) is 0 Å². The first-order valence-electron chi connectivity index (χ1n) is 5.08. The van der Waals surface area contributed by atoms with E-state index in [2.05, 4.69) is 10.3 Å². The largest absolute Gasteiger partial charge is 0.481 e. The molecule has 1 amide bonds. The van der Waals surface area contributed by atoms with Crippen LogP contribution in [-0.2, 0) is 4.79 Å². The highest BCUT2D eigenvalue weighted by molar-refractivity contribution is 5.93. The molecule has 0 atom stereocenters. The van der Waals surface area contributed by atoms with Gasteiger partial charge in [-0.2, -0.15) is 0 Å². The summed E-state index contributed by atoms with van der Waals surface area (Å²) < 4.78 is 0. The Bertz CT molecular complexity index is 491. The van der Waals surface area contributed by atoms with Crippen molar-refractivity contribution in [2.24, 2.45) is 0 Å². The first-order valence-corrected chi connectivity index (χ1v) is 5.08. The number of nitro groups is 1. The average molecular weight is 255 g/mol. The van der Waals surface area contributed by atoms with E-state index in [0.717, 1.165) is 12.3 Å². The molecule has 0 bridgehead atoms. The number of aromatic amines is 1. The van der Waals surface area contributed by atoms with Crippen molar-refractivity contribution in [3.63, 3.8) is 0 Å². The molecule has 0 aromatic carbocycles. The fourth-order valence-electron chi connectivity index (χ4n) is 1.42. The summed E-state index contributed by atoms with van der Waals surface area (Å²) in [6.45, 7) is 3.10. The molecule has 1 rings (SSSR count). The Morgan fingerprint density at radius 1 is 1.56 bits per heavy atom. The molecule has 0 spiro atoms. The molecule has 0 aliphatic heterocycles. The topological polar surface area (TPSA) is 125 Å². The number of nitrogens with zero attached hydrogens (tertiary/aromatic N) is 1. The fraction of sp³-hybridized carbons (Fsp3) is 0.400. The molecule has 1 aromatic rings. The number of hydrogen-bond donors (Lipinski definition) is 3. The van der Waals surface area contributed by atoms with Gasteiger partial charge in [0.1, 0.15) is 5.69 Å². The summed E-state index contributed by atoms with van der Waals surface area (Å²) in [4.78, 5) is 34.6. The molecule has 3 N–H and O–H groups in total. The van der Waals surface area contributed by atoms with E-state index in [-0.39, 0.29) is 17.8 Å². The van der Waals surface area contributed by atoms with E-state index in [4.69, 9.17) is 5.11 Å². The number of carboxylic acids is 1. The first-order chi connectivity index (χ1) is 8.21. The predicted octanol–water partition coefficient (Wildman–Crippen LogP) is 0.906. The van der Waals surface area contributed by atoms with Crippen molar-refractivity contribution in [3.05, 3.63) is 28.1 Å². The minimum absolute atomic E-state index is 0.0140. The maximum atomic E-state index is 11.7. The Labute approximate surface area is 102 Å². The minimum atomic E-state index is -1.04. The van der Waals surface area contributed by atoms with Crippen molar-refractivity contribution in [2.45, 2.75) is 25.8 Å². The van der Waals surface area contributed by atoms with Gasteiger partial charge in [-0.1, -0.05) is 0 Å². The standard InChI is InChI=1S/C10H13N3O5/c1-10(2,4-8(14)15)12-9(16)7-3-6(5-11-7)13(17)18/h3,5,11H,4H2,1-2H3,(H,12,16)(H,14,15). The van der Waals surface area contributed by atoms with Crippen molar-refractivity contribution < 1.29 is 19.6 Å². The zero-order chi connectivity index (χ0) is 13.9. The summed E-state index contributed by atoms with van der Waals surface area (Å²) >= 11 is 0. The van der Waals surface area contributed by atoms with Crippen molar-refractivity contribution >= 4 is 17.6 Å². The molecule has 0 radical (unpaired) electrons. The van der Waals surface area contributed by atoms with Gasteiger partial charge in [-0.15, -0.1) is 0 Å². The second kappa shape index (κ2) is 4.86. The lowest BCUT2D eigenvalue weighted by atomic mass is 10.0. The minimum Gasteiger partial charge on any atom is -0.481 e. The Balaban J connectivity index is 2.75. The molecule has 0 saturated carbocycles. The van der Waals surface area contributed by atoms with E-state index in [1.54, 1.807) is 13.8 Å². The van der Waals surface area contributed by atoms with Gasteiger partial charge in [0.15, 0.2) is 0 Å². The molecule has 0 unspecified atom stereocenters. The number of amides is 1. The number of carbonyl (C=O) groups excluding carboxylic acids is 1. The van der Waals surface area contributed by atoms with Crippen LogP contribution in [0.3, 0.4) is 0 Å². The van der Waals surface area contributed by atoms with Crippen molar-refractivity contribution in [3.8, 4) is 0 Å². The molecule has 8 heteroatoms. The van der Waals surface area contributed by atoms with E-state index >= 15 is 0 Å². The molecule has 0 aliphatic carbocycles. The maximum absolute atomic E-state index is 11.7. The normalized spacial score (nSPS) is 11.0. The lowest BCUT2D eigenvalue weighted by Crippen LogP contribution is -2.45. The van der Waals surface area contributed by atoms with Crippen LogP contribution < -0.4 is 5.32 Å². The molecule has 18 heavy (non-hydrogen) atoms. The fourth-order valence-corrected chi connectivity index (χ4v) is 1.42. The second-order valence-electron chi connectivity index (χ2n) is 4.44. The zero-order valence-electron chi connectivity index (χ0n) is 9.89. The third-order valence-corrected chi connectivity index (χ3v) is 2.17. The Kier molecular flexibility index (Phi) is 3.70. The van der Waals surface area contributed by atoms with Gasteiger partial charge in [-0.3, -0.25) is 19.7 Å². The SMILES string of the molecule is CC(C)(CC(=O)O)NC(=O)c1cc([N+](=O)[O-])c[nH]1. The highest BCUT2D eigenvalue weighted by Gasteiger charge is 2.25. The number of nitrogens with one attached hydrogen (secondary N) is 2. The van der Waals surface area contributed by atoms with Gasteiger partial charge in [-0.25, -0.2) is 0 Å². The lowest BCUT2D eigenvalue weighted by Gasteiger charge is -2.23. The molecule has 0 saturated heterocycles. The number of H-pyrrole nitrogens is 1. The van der Waals surface area contributed by atoms with Crippen molar-refractivity contribution in [1.29, 1.82) is 0 Å². The van der Waals surface area contributed by atoms with E-state index < -0.39 is 22.3 Å². The summed E-state index contributed by atoms with van der Waals surface area (Å²) in [6, 6.07) is 1.09. The van der Waals surface area contributed by atoms with Crippen LogP contribution in [0.25, 0.3) is 0 Å². The third-order valence-electron chi connectivity index (χ3n) is 2.17. The van der Waals surface area contributed by atoms with Crippen LogP contribution >= 0.6 is 0 Å². The Morgan fingerprint density at radius 3 is 2.61 bits per heavy atom. The molecule has 0 aliphatic rings. The summed E-state index contributed by atoms with van der Waals surface area (Å²) in [5.74, 6) is -1.63. The van der Waals surface area contributed by atoms with Gasteiger partial charge in [0.2, 0.25) is 0 Å². The molecular weight excluding hydrogens is 242 g/mol. The molecule has 98 valence electrons. The van der Waals surface area contributed by atoms with E-state index in [1.165, 1.54) is 0 Å². The molecule has 8 nitrogen and oxygen atoms in total. The lowest BCUT2D eigenvalue weighted by molar-refractivity contribution is -0.384. The van der Waals surface area contributed by atoms with Crippen molar-refractivity contribution in [1.82, 2.24) is 10.3 Å². The predicted molar refractivity (Wildman–Crippen MR) is 61.2 cm³/mol. The van der Waals surface area contributed by atoms with Gasteiger partial charge in [0.25, 0.3) is 11.6 Å². The van der Waals surface area contributed by atoms with Gasteiger partial charge in [0.05, 0.1) is 17.5 Å². The van der Waals surface area contributed by atoms with Crippen LogP contribution in [0.4, 0.5) is 5.69 Å². The number of aliphatic carboxylic acids is 1. The van der Waals surface area contributed by atoms with Gasteiger partial charge < -0.3 is 15.4 Å². The highest BCUT2D eigenvalue weighted by Crippen LogP contribution is 2.14. The number of aromatic nitrogens is 1. The molecular formula is C10H13N3O5. The van der Waals surface area contributed by atoms with Crippen LogP contribution in [0.1, 0.15) is 30.8 Å². The quantitative estimate of drug-likeness (QED) is 0.532. The number of carbonyl (C=O) groups is 2. The first kappa shape index (κ1) is 13.7. The maximum Gasteiger partial charge on any atom is 0.305 e. The molecule has 1 heterocycles. The second-order valence-corrected chi connectivity index (χ2v) is 4.44. The summed E-state index contributed by atoms with van der Waals surface area (Å²) in [5.41, 5.74) is -1.15.